The molecule has 3 aromatic carbocycles. The normalized spacial score (nSPS) is 18.4. The van der Waals surface area contributed by atoms with E-state index in [1.807, 2.05) is 6.07 Å². The first-order chi connectivity index (χ1) is 14.3. The van der Waals surface area contributed by atoms with Gasteiger partial charge in [0.15, 0.2) is 11.5 Å². The first-order valence-electron chi connectivity index (χ1n) is 9.91. The summed E-state index contributed by atoms with van der Waals surface area (Å²) >= 11 is 0. The Kier molecular flexibility index (Phi) is 4.49. The van der Waals surface area contributed by atoms with Gasteiger partial charge < -0.3 is 19.8 Å². The summed E-state index contributed by atoms with van der Waals surface area (Å²) in [6, 6.07) is 25.6. The fraction of sp³-hybridized carbons (Fsp3) is 0.200. The van der Waals surface area contributed by atoms with E-state index < -0.39 is 0 Å². The molecule has 2 heterocycles. The van der Waals surface area contributed by atoms with Crippen molar-refractivity contribution in [3.8, 4) is 11.5 Å². The molecule has 4 nitrogen and oxygen atoms in total. The number of aromatic amines is 1. The van der Waals surface area contributed by atoms with E-state index in [-0.39, 0.29) is 12.0 Å². The minimum atomic E-state index is 0.166. The highest BCUT2D eigenvalue weighted by molar-refractivity contribution is 5.86. The largest absolute Gasteiger partial charge is 0.493 e. The summed E-state index contributed by atoms with van der Waals surface area (Å²) < 4.78 is 11.0. The number of hydrogen-bond donors (Lipinski definition) is 2. The van der Waals surface area contributed by atoms with Crippen LogP contribution in [-0.4, -0.2) is 25.7 Å². The molecular weight excluding hydrogens is 360 g/mol. The maximum absolute atomic E-state index is 5.55. The molecule has 29 heavy (non-hydrogen) atoms. The Morgan fingerprint density at radius 2 is 1.55 bits per heavy atom. The quantitative estimate of drug-likeness (QED) is 0.520. The van der Waals surface area contributed by atoms with E-state index in [1.165, 1.54) is 33.3 Å². The highest BCUT2D eigenvalue weighted by Gasteiger charge is 2.32. The Morgan fingerprint density at radius 3 is 2.34 bits per heavy atom. The van der Waals surface area contributed by atoms with E-state index in [0.717, 1.165) is 18.0 Å². The second-order valence-corrected chi connectivity index (χ2v) is 7.42. The molecule has 2 atom stereocenters. The van der Waals surface area contributed by atoms with Crippen molar-refractivity contribution in [2.75, 3.05) is 20.8 Å². The third-order valence-corrected chi connectivity index (χ3v) is 5.88. The van der Waals surface area contributed by atoms with Gasteiger partial charge in [-0.2, -0.15) is 0 Å². The van der Waals surface area contributed by atoms with E-state index in [1.54, 1.807) is 14.2 Å². The van der Waals surface area contributed by atoms with Crippen molar-refractivity contribution < 1.29 is 9.47 Å². The van der Waals surface area contributed by atoms with E-state index in [9.17, 15) is 0 Å². The lowest BCUT2D eigenvalue weighted by Crippen LogP contribution is -2.34. The fourth-order valence-corrected chi connectivity index (χ4v) is 4.49. The number of benzene rings is 3. The van der Waals surface area contributed by atoms with Gasteiger partial charge in [0.1, 0.15) is 0 Å². The number of fused-ring (bicyclic) bond motifs is 3. The molecule has 5 rings (SSSR count). The van der Waals surface area contributed by atoms with Crippen LogP contribution in [0.4, 0.5) is 0 Å². The number of aromatic nitrogens is 1. The molecule has 0 saturated heterocycles. The number of H-pyrrole nitrogens is 1. The first-order valence-corrected chi connectivity index (χ1v) is 9.91. The molecule has 1 aliphatic heterocycles. The first kappa shape index (κ1) is 17.8. The zero-order valence-electron chi connectivity index (χ0n) is 16.6. The average Bonchev–Trinajstić information content (AvgIpc) is 3.18. The molecule has 0 bridgehead atoms. The summed E-state index contributed by atoms with van der Waals surface area (Å²) in [6.45, 7) is 0.842. The van der Waals surface area contributed by atoms with Crippen LogP contribution in [0.3, 0.4) is 0 Å². The molecule has 2 unspecified atom stereocenters. The Balaban J connectivity index is 1.67. The number of rotatable bonds is 4. The Hall–Kier alpha value is -3.24. The van der Waals surface area contributed by atoms with Crippen molar-refractivity contribution in [3.63, 3.8) is 0 Å². The Bertz CT molecular complexity index is 1150. The predicted molar refractivity (Wildman–Crippen MR) is 116 cm³/mol. The molecule has 0 amide bonds. The summed E-state index contributed by atoms with van der Waals surface area (Å²) in [6.07, 6.45) is 0. The van der Waals surface area contributed by atoms with Gasteiger partial charge in [0, 0.05) is 34.6 Å². The minimum absolute atomic E-state index is 0.166. The fourth-order valence-electron chi connectivity index (χ4n) is 4.49. The zero-order chi connectivity index (χ0) is 19.8. The van der Waals surface area contributed by atoms with Crippen LogP contribution in [0.5, 0.6) is 11.5 Å². The lowest BCUT2D eigenvalue weighted by molar-refractivity contribution is 0.354. The summed E-state index contributed by atoms with van der Waals surface area (Å²) in [5.74, 6) is 1.71. The molecule has 0 aliphatic carbocycles. The number of para-hydroxylation sites is 1. The number of ether oxygens (including phenoxy) is 2. The van der Waals surface area contributed by atoms with Gasteiger partial charge in [0.25, 0.3) is 0 Å². The lowest BCUT2D eigenvalue weighted by Gasteiger charge is -2.31. The van der Waals surface area contributed by atoms with Crippen molar-refractivity contribution in [2.45, 2.75) is 12.0 Å². The summed E-state index contributed by atoms with van der Waals surface area (Å²) in [4.78, 5) is 3.72. The topological polar surface area (TPSA) is 46.3 Å². The number of methoxy groups -OCH3 is 2. The van der Waals surface area contributed by atoms with Gasteiger partial charge in [-0.15, -0.1) is 0 Å². The molecule has 0 spiro atoms. The lowest BCUT2D eigenvalue weighted by atomic mass is 9.84. The molecule has 4 heteroatoms. The van der Waals surface area contributed by atoms with Crippen LogP contribution in [-0.2, 0) is 0 Å². The number of hydrogen-bond acceptors (Lipinski definition) is 3. The third-order valence-electron chi connectivity index (χ3n) is 5.88. The molecule has 4 aromatic rings. The molecule has 0 radical (unpaired) electrons. The zero-order valence-corrected chi connectivity index (χ0v) is 16.6. The Labute approximate surface area is 170 Å². The highest BCUT2D eigenvalue weighted by Crippen LogP contribution is 2.42. The minimum Gasteiger partial charge on any atom is -0.493 e. The van der Waals surface area contributed by atoms with E-state index in [4.69, 9.17) is 9.47 Å². The molecule has 2 N–H and O–H groups in total. The van der Waals surface area contributed by atoms with Crippen molar-refractivity contribution in [3.05, 3.63) is 95.2 Å². The summed E-state index contributed by atoms with van der Waals surface area (Å²) in [5.41, 5.74) is 6.26. The SMILES string of the molecule is COc1ccc(C2CNC(c3ccccc3)c3c2[nH]c2ccccc32)cc1OC. The van der Waals surface area contributed by atoms with Crippen LogP contribution in [0, 0.1) is 0 Å². The third kappa shape index (κ3) is 2.97. The average molecular weight is 384 g/mol. The van der Waals surface area contributed by atoms with Crippen molar-refractivity contribution in [1.82, 2.24) is 10.3 Å². The van der Waals surface area contributed by atoms with Gasteiger partial charge in [-0.05, 0) is 29.3 Å². The van der Waals surface area contributed by atoms with Gasteiger partial charge >= 0.3 is 0 Å². The van der Waals surface area contributed by atoms with Crippen LogP contribution < -0.4 is 14.8 Å². The summed E-state index contributed by atoms with van der Waals surface area (Å²) in [5, 5.41) is 5.06. The van der Waals surface area contributed by atoms with E-state index in [0.29, 0.717) is 0 Å². The van der Waals surface area contributed by atoms with Crippen LogP contribution >= 0.6 is 0 Å². The van der Waals surface area contributed by atoms with Crippen LogP contribution in [0.25, 0.3) is 10.9 Å². The smallest absolute Gasteiger partial charge is 0.161 e. The standard InChI is InChI=1S/C25H24N2O2/c1-28-21-13-12-17(14-22(21)29-2)19-15-26-24(16-8-4-3-5-9-16)23-18-10-6-7-11-20(18)27-25(19)23/h3-14,19,24,26-27H,15H2,1-2H3. The van der Waals surface area contributed by atoms with Crippen molar-refractivity contribution in [2.24, 2.45) is 0 Å². The summed E-state index contributed by atoms with van der Waals surface area (Å²) in [7, 11) is 3.35. The van der Waals surface area contributed by atoms with Gasteiger partial charge in [-0.3, -0.25) is 0 Å². The molecule has 0 saturated carbocycles. The molecule has 146 valence electrons. The monoisotopic (exact) mass is 384 g/mol. The second-order valence-electron chi connectivity index (χ2n) is 7.42. The van der Waals surface area contributed by atoms with E-state index >= 15 is 0 Å². The maximum atomic E-state index is 5.55. The van der Waals surface area contributed by atoms with Crippen LogP contribution in [0.15, 0.2) is 72.8 Å². The highest BCUT2D eigenvalue weighted by atomic mass is 16.5. The molecular formula is C25H24N2O2. The van der Waals surface area contributed by atoms with Crippen LogP contribution in [0.2, 0.25) is 0 Å². The van der Waals surface area contributed by atoms with Gasteiger partial charge in [0.05, 0.1) is 20.3 Å². The van der Waals surface area contributed by atoms with E-state index in [2.05, 4.69) is 77.0 Å². The van der Waals surface area contributed by atoms with Crippen molar-refractivity contribution >= 4 is 10.9 Å². The van der Waals surface area contributed by atoms with Crippen LogP contribution in [0.1, 0.15) is 34.3 Å². The predicted octanol–water partition coefficient (Wildman–Crippen LogP) is 5.01. The molecule has 1 aliphatic rings. The van der Waals surface area contributed by atoms with Gasteiger partial charge in [-0.1, -0.05) is 54.6 Å². The number of nitrogens with one attached hydrogen (secondary N) is 2. The Morgan fingerprint density at radius 1 is 0.793 bits per heavy atom. The van der Waals surface area contributed by atoms with Gasteiger partial charge in [0.2, 0.25) is 0 Å². The molecule has 1 aromatic heterocycles. The second kappa shape index (κ2) is 7.30. The maximum Gasteiger partial charge on any atom is 0.161 e. The van der Waals surface area contributed by atoms with Crippen molar-refractivity contribution in [1.29, 1.82) is 0 Å². The molecule has 0 fully saturated rings. The van der Waals surface area contributed by atoms with Gasteiger partial charge in [-0.25, -0.2) is 0 Å².